The van der Waals surface area contributed by atoms with Gasteiger partial charge in [-0.25, -0.2) is 0 Å². The highest BCUT2D eigenvalue weighted by Crippen LogP contribution is 2.27. The van der Waals surface area contributed by atoms with Gasteiger partial charge in [-0.15, -0.1) is 0 Å². The minimum Gasteiger partial charge on any atom is -0.466 e. The molecule has 2 amide bonds. The van der Waals surface area contributed by atoms with Crippen LogP contribution in [0.4, 0.5) is 11.4 Å². The van der Waals surface area contributed by atoms with Gasteiger partial charge in [-0.1, -0.05) is 13.8 Å². The van der Waals surface area contributed by atoms with E-state index in [2.05, 4.69) is 5.32 Å². The summed E-state index contributed by atoms with van der Waals surface area (Å²) in [6.07, 6.45) is 0.171. The fourth-order valence-corrected chi connectivity index (χ4v) is 2.39. The molecule has 0 radical (unpaired) electrons. The summed E-state index contributed by atoms with van der Waals surface area (Å²) in [6.45, 7) is 6.03. The zero-order valence-electron chi connectivity index (χ0n) is 13.7. The number of ether oxygens (including phenoxy) is 1. The van der Waals surface area contributed by atoms with E-state index in [0.29, 0.717) is 24.5 Å². The van der Waals surface area contributed by atoms with Gasteiger partial charge in [0.25, 0.3) is 0 Å². The second-order valence-corrected chi connectivity index (χ2v) is 5.85. The molecule has 1 aliphatic rings. The lowest BCUT2D eigenvalue weighted by Gasteiger charge is -2.17. The highest BCUT2D eigenvalue weighted by atomic mass is 16.5. The number of rotatable bonds is 5. The molecule has 1 aromatic carbocycles. The van der Waals surface area contributed by atoms with Gasteiger partial charge in [-0.3, -0.25) is 14.4 Å². The Balaban J connectivity index is 2.03. The quantitative estimate of drug-likeness (QED) is 0.845. The number of hydrogen-bond acceptors (Lipinski definition) is 4. The molecule has 1 fully saturated rings. The van der Waals surface area contributed by atoms with Crippen LogP contribution in [0.1, 0.15) is 27.2 Å². The van der Waals surface area contributed by atoms with Crippen molar-refractivity contribution in [3.8, 4) is 0 Å². The molecule has 1 aliphatic heterocycles. The van der Waals surface area contributed by atoms with Gasteiger partial charge >= 0.3 is 5.97 Å². The molecular formula is C17H22N2O4. The van der Waals surface area contributed by atoms with E-state index >= 15 is 0 Å². The minimum absolute atomic E-state index is 0.0580. The summed E-state index contributed by atoms with van der Waals surface area (Å²) in [5, 5.41) is 2.80. The SMILES string of the molecule is CCOC(=O)[C@H]1CC(=O)N(c2ccc(NC(=O)C(C)C)cc2)C1. The zero-order valence-corrected chi connectivity index (χ0v) is 13.7. The van der Waals surface area contributed by atoms with Gasteiger partial charge in [-0.2, -0.15) is 0 Å². The Labute approximate surface area is 135 Å². The van der Waals surface area contributed by atoms with E-state index in [1.165, 1.54) is 0 Å². The van der Waals surface area contributed by atoms with E-state index in [9.17, 15) is 14.4 Å². The molecule has 2 rings (SSSR count). The fourth-order valence-electron chi connectivity index (χ4n) is 2.39. The number of carbonyl (C=O) groups is 3. The lowest BCUT2D eigenvalue weighted by molar-refractivity contribution is -0.147. The number of hydrogen-bond donors (Lipinski definition) is 1. The summed E-state index contributed by atoms with van der Waals surface area (Å²) < 4.78 is 4.98. The van der Waals surface area contributed by atoms with Crippen molar-refractivity contribution in [2.75, 3.05) is 23.4 Å². The normalized spacial score (nSPS) is 17.5. The second-order valence-electron chi connectivity index (χ2n) is 5.85. The number of anilines is 2. The van der Waals surface area contributed by atoms with Crippen LogP contribution in [0, 0.1) is 11.8 Å². The summed E-state index contributed by atoms with van der Waals surface area (Å²) in [5.41, 5.74) is 1.39. The molecular weight excluding hydrogens is 296 g/mol. The van der Waals surface area contributed by atoms with E-state index in [4.69, 9.17) is 4.74 Å². The Morgan fingerprint density at radius 1 is 1.30 bits per heavy atom. The van der Waals surface area contributed by atoms with Crippen LogP contribution >= 0.6 is 0 Å². The van der Waals surface area contributed by atoms with Crippen molar-refractivity contribution in [1.29, 1.82) is 0 Å². The summed E-state index contributed by atoms with van der Waals surface area (Å²) in [6, 6.07) is 7.03. The third kappa shape index (κ3) is 4.09. The smallest absolute Gasteiger partial charge is 0.311 e. The first-order valence-corrected chi connectivity index (χ1v) is 7.80. The van der Waals surface area contributed by atoms with Gasteiger partial charge in [0.1, 0.15) is 0 Å². The molecule has 6 nitrogen and oxygen atoms in total. The molecule has 6 heteroatoms. The van der Waals surface area contributed by atoms with Crippen LogP contribution in [0.3, 0.4) is 0 Å². The monoisotopic (exact) mass is 318 g/mol. The van der Waals surface area contributed by atoms with E-state index < -0.39 is 5.92 Å². The summed E-state index contributed by atoms with van der Waals surface area (Å²) in [5.74, 6) is -0.994. The number of nitrogens with zero attached hydrogens (tertiary/aromatic N) is 1. The van der Waals surface area contributed by atoms with Crippen LogP contribution in [0.15, 0.2) is 24.3 Å². The first-order chi connectivity index (χ1) is 10.9. The molecule has 0 unspecified atom stereocenters. The molecule has 0 aromatic heterocycles. The fraction of sp³-hybridized carbons (Fsp3) is 0.471. The zero-order chi connectivity index (χ0) is 17.0. The van der Waals surface area contributed by atoms with Gasteiger partial charge in [-0.05, 0) is 31.2 Å². The average Bonchev–Trinajstić information content (AvgIpc) is 2.90. The van der Waals surface area contributed by atoms with E-state index in [1.54, 1.807) is 36.1 Å². The lowest BCUT2D eigenvalue weighted by atomic mass is 10.1. The average molecular weight is 318 g/mol. The molecule has 0 saturated carbocycles. The maximum absolute atomic E-state index is 12.1. The Bertz CT molecular complexity index is 595. The first kappa shape index (κ1) is 17.0. The molecule has 1 aromatic rings. The number of carbonyl (C=O) groups excluding carboxylic acids is 3. The van der Waals surface area contributed by atoms with Gasteiger partial charge in [0.15, 0.2) is 0 Å². The van der Waals surface area contributed by atoms with Gasteiger partial charge in [0.2, 0.25) is 11.8 Å². The van der Waals surface area contributed by atoms with E-state index in [-0.39, 0.29) is 30.1 Å². The van der Waals surface area contributed by atoms with Crippen LogP contribution in [0.5, 0.6) is 0 Å². The Kier molecular flexibility index (Phi) is 5.36. The molecule has 1 heterocycles. The summed E-state index contributed by atoms with van der Waals surface area (Å²) in [7, 11) is 0. The molecule has 1 N–H and O–H groups in total. The molecule has 23 heavy (non-hydrogen) atoms. The number of esters is 1. The summed E-state index contributed by atoms with van der Waals surface area (Å²) in [4.78, 5) is 37.1. The topological polar surface area (TPSA) is 75.7 Å². The van der Waals surface area contributed by atoms with Crippen molar-refractivity contribution in [3.05, 3.63) is 24.3 Å². The van der Waals surface area contributed by atoms with Crippen molar-refractivity contribution in [2.45, 2.75) is 27.2 Å². The Morgan fingerprint density at radius 3 is 2.52 bits per heavy atom. The molecule has 1 saturated heterocycles. The molecule has 124 valence electrons. The van der Waals surface area contributed by atoms with Crippen LogP contribution < -0.4 is 10.2 Å². The maximum Gasteiger partial charge on any atom is 0.311 e. The van der Waals surface area contributed by atoms with Gasteiger partial charge in [0, 0.05) is 30.3 Å². The highest BCUT2D eigenvalue weighted by Gasteiger charge is 2.35. The lowest BCUT2D eigenvalue weighted by Crippen LogP contribution is -2.26. The van der Waals surface area contributed by atoms with Gasteiger partial charge in [0.05, 0.1) is 12.5 Å². The highest BCUT2D eigenvalue weighted by molar-refractivity contribution is 5.99. The number of amides is 2. The van der Waals surface area contributed by atoms with Gasteiger partial charge < -0.3 is 15.0 Å². The van der Waals surface area contributed by atoms with Crippen LogP contribution in [-0.4, -0.2) is 30.9 Å². The maximum atomic E-state index is 12.1. The standard InChI is InChI=1S/C17H22N2O4/c1-4-23-17(22)12-9-15(20)19(10-12)14-7-5-13(6-8-14)18-16(21)11(2)3/h5-8,11-12H,4,9-10H2,1-3H3,(H,18,21)/t12-/m0/s1. The van der Waals surface area contributed by atoms with Crippen molar-refractivity contribution >= 4 is 29.2 Å². The van der Waals surface area contributed by atoms with Crippen molar-refractivity contribution < 1.29 is 19.1 Å². The first-order valence-electron chi connectivity index (χ1n) is 7.80. The molecule has 0 spiro atoms. The molecule has 0 bridgehead atoms. The third-order valence-electron chi connectivity index (χ3n) is 3.72. The Hall–Kier alpha value is -2.37. The van der Waals surface area contributed by atoms with E-state index in [0.717, 1.165) is 0 Å². The summed E-state index contributed by atoms with van der Waals surface area (Å²) >= 11 is 0. The second kappa shape index (κ2) is 7.26. The predicted octanol–water partition coefficient (Wildman–Crippen LogP) is 2.20. The number of benzene rings is 1. The molecule has 0 aliphatic carbocycles. The minimum atomic E-state index is -0.414. The van der Waals surface area contributed by atoms with Crippen LogP contribution in [0.2, 0.25) is 0 Å². The largest absolute Gasteiger partial charge is 0.466 e. The van der Waals surface area contributed by atoms with Crippen molar-refractivity contribution in [1.82, 2.24) is 0 Å². The molecule has 1 atom stereocenters. The van der Waals surface area contributed by atoms with Crippen LogP contribution in [0.25, 0.3) is 0 Å². The van der Waals surface area contributed by atoms with Crippen molar-refractivity contribution in [3.63, 3.8) is 0 Å². The predicted molar refractivity (Wildman–Crippen MR) is 87.0 cm³/mol. The van der Waals surface area contributed by atoms with Crippen LogP contribution in [-0.2, 0) is 19.1 Å². The Morgan fingerprint density at radius 2 is 1.96 bits per heavy atom. The number of nitrogens with one attached hydrogen (secondary N) is 1. The van der Waals surface area contributed by atoms with E-state index in [1.807, 2.05) is 13.8 Å². The van der Waals surface area contributed by atoms with Crippen molar-refractivity contribution in [2.24, 2.45) is 11.8 Å². The third-order valence-corrected chi connectivity index (χ3v) is 3.72.